The van der Waals surface area contributed by atoms with Crippen molar-refractivity contribution in [1.29, 1.82) is 0 Å². The number of hydrogen-bond acceptors (Lipinski definition) is 4. The molecule has 0 unspecified atom stereocenters. The summed E-state index contributed by atoms with van der Waals surface area (Å²) in [5.41, 5.74) is 1.32. The molecule has 1 aromatic rings. The number of nitrogens with one attached hydrogen (secondary N) is 2. The normalized spacial score (nSPS) is 22.0. The SMILES string of the molecule is COCc1cc(CNC(=O)[C@H]2NCCO[C@@H]2C)ccc1F. The highest BCUT2D eigenvalue weighted by atomic mass is 19.1. The summed E-state index contributed by atoms with van der Waals surface area (Å²) < 4.78 is 23.9. The molecule has 1 aliphatic heterocycles. The average molecular weight is 296 g/mol. The number of methoxy groups -OCH3 is 1. The van der Waals surface area contributed by atoms with E-state index in [9.17, 15) is 9.18 Å². The van der Waals surface area contributed by atoms with Gasteiger partial charge in [0.25, 0.3) is 0 Å². The zero-order valence-electron chi connectivity index (χ0n) is 12.3. The van der Waals surface area contributed by atoms with Crippen LogP contribution in [0.4, 0.5) is 4.39 Å². The summed E-state index contributed by atoms with van der Waals surface area (Å²) in [5, 5.41) is 5.97. The topological polar surface area (TPSA) is 59.6 Å². The average Bonchev–Trinajstić information content (AvgIpc) is 2.48. The Morgan fingerprint density at radius 1 is 1.57 bits per heavy atom. The monoisotopic (exact) mass is 296 g/mol. The maximum absolute atomic E-state index is 13.5. The van der Waals surface area contributed by atoms with Gasteiger partial charge in [-0.15, -0.1) is 0 Å². The minimum atomic E-state index is -0.349. The molecular weight excluding hydrogens is 275 g/mol. The van der Waals surface area contributed by atoms with Crippen molar-refractivity contribution >= 4 is 5.91 Å². The van der Waals surface area contributed by atoms with E-state index >= 15 is 0 Å². The molecule has 2 atom stereocenters. The Morgan fingerprint density at radius 3 is 3.10 bits per heavy atom. The lowest BCUT2D eigenvalue weighted by atomic mass is 10.1. The molecule has 1 fully saturated rings. The number of carbonyl (C=O) groups excluding carboxylic acids is 1. The van der Waals surface area contributed by atoms with Crippen LogP contribution in [0.15, 0.2) is 18.2 Å². The van der Waals surface area contributed by atoms with Crippen LogP contribution in [0.2, 0.25) is 0 Å². The fourth-order valence-electron chi connectivity index (χ4n) is 2.33. The third kappa shape index (κ3) is 4.23. The fraction of sp³-hybridized carbons (Fsp3) is 0.533. The highest BCUT2D eigenvalue weighted by molar-refractivity contribution is 5.82. The third-order valence-corrected chi connectivity index (χ3v) is 3.48. The Morgan fingerprint density at radius 2 is 2.38 bits per heavy atom. The summed E-state index contributed by atoms with van der Waals surface area (Å²) >= 11 is 0. The second-order valence-corrected chi connectivity index (χ2v) is 5.08. The first-order chi connectivity index (χ1) is 10.1. The molecule has 1 aromatic carbocycles. The number of benzene rings is 1. The van der Waals surface area contributed by atoms with Crippen LogP contribution in [0, 0.1) is 5.82 Å². The van der Waals surface area contributed by atoms with Gasteiger partial charge in [-0.05, 0) is 24.6 Å². The van der Waals surface area contributed by atoms with E-state index in [2.05, 4.69) is 10.6 Å². The number of halogens is 1. The van der Waals surface area contributed by atoms with Gasteiger partial charge in [0.05, 0.1) is 19.3 Å². The molecule has 21 heavy (non-hydrogen) atoms. The van der Waals surface area contributed by atoms with Crippen molar-refractivity contribution in [1.82, 2.24) is 10.6 Å². The Balaban J connectivity index is 1.93. The standard InChI is InChI=1S/C15H21FN2O3/c1-10-14(17-5-6-21-10)15(19)18-8-11-3-4-13(16)12(7-11)9-20-2/h3-4,7,10,14,17H,5-6,8-9H2,1-2H3,(H,18,19)/t10-,14+/m1/s1. The van der Waals surface area contributed by atoms with E-state index in [1.54, 1.807) is 12.1 Å². The molecule has 1 aliphatic rings. The smallest absolute Gasteiger partial charge is 0.240 e. The van der Waals surface area contributed by atoms with Gasteiger partial charge in [0.2, 0.25) is 5.91 Å². The highest BCUT2D eigenvalue weighted by Gasteiger charge is 2.27. The molecule has 2 N–H and O–H groups in total. The first-order valence-electron chi connectivity index (χ1n) is 7.00. The van der Waals surface area contributed by atoms with E-state index in [-0.39, 0.29) is 30.5 Å². The number of rotatable bonds is 5. The molecule has 2 rings (SSSR count). The molecule has 0 radical (unpaired) electrons. The fourth-order valence-corrected chi connectivity index (χ4v) is 2.33. The van der Waals surface area contributed by atoms with Crippen molar-refractivity contribution in [2.24, 2.45) is 0 Å². The zero-order chi connectivity index (χ0) is 15.2. The largest absolute Gasteiger partial charge is 0.380 e. The van der Waals surface area contributed by atoms with Gasteiger partial charge >= 0.3 is 0 Å². The first kappa shape index (κ1) is 15.9. The molecule has 0 saturated carbocycles. The molecule has 5 nitrogen and oxygen atoms in total. The van der Waals surface area contributed by atoms with Gasteiger partial charge in [-0.3, -0.25) is 4.79 Å². The van der Waals surface area contributed by atoms with Crippen LogP contribution in [0.1, 0.15) is 18.1 Å². The van der Waals surface area contributed by atoms with E-state index < -0.39 is 0 Å². The van der Waals surface area contributed by atoms with Gasteiger partial charge in [-0.1, -0.05) is 6.07 Å². The molecule has 1 saturated heterocycles. The second kappa shape index (κ2) is 7.49. The van der Waals surface area contributed by atoms with Gasteiger partial charge in [0.15, 0.2) is 0 Å². The van der Waals surface area contributed by atoms with Crippen LogP contribution in [-0.2, 0) is 27.4 Å². The molecule has 116 valence electrons. The van der Waals surface area contributed by atoms with Crippen LogP contribution in [0.25, 0.3) is 0 Å². The predicted octanol–water partition coefficient (Wildman–Crippen LogP) is 0.965. The maximum Gasteiger partial charge on any atom is 0.240 e. The highest BCUT2D eigenvalue weighted by Crippen LogP contribution is 2.12. The maximum atomic E-state index is 13.5. The number of morpholine rings is 1. The van der Waals surface area contributed by atoms with Crippen LogP contribution in [0.3, 0.4) is 0 Å². The van der Waals surface area contributed by atoms with E-state index in [0.717, 1.165) is 5.56 Å². The summed E-state index contributed by atoms with van der Waals surface area (Å²) in [7, 11) is 1.52. The zero-order valence-corrected chi connectivity index (χ0v) is 12.3. The number of amides is 1. The van der Waals surface area contributed by atoms with Crippen molar-refractivity contribution in [2.75, 3.05) is 20.3 Å². The summed E-state index contributed by atoms with van der Waals surface area (Å²) in [6.07, 6.45) is -0.156. The lowest BCUT2D eigenvalue weighted by Crippen LogP contribution is -2.55. The molecule has 0 spiro atoms. The number of hydrogen-bond donors (Lipinski definition) is 2. The summed E-state index contributed by atoms with van der Waals surface area (Å²) in [4.78, 5) is 12.1. The Bertz CT molecular complexity index is 496. The summed E-state index contributed by atoms with van der Waals surface area (Å²) in [6.45, 7) is 3.70. The number of carbonyl (C=O) groups is 1. The quantitative estimate of drug-likeness (QED) is 0.850. The van der Waals surface area contributed by atoms with Crippen molar-refractivity contribution in [3.8, 4) is 0 Å². The second-order valence-electron chi connectivity index (χ2n) is 5.08. The molecule has 1 heterocycles. The van der Waals surface area contributed by atoms with Crippen molar-refractivity contribution in [3.63, 3.8) is 0 Å². The minimum absolute atomic E-state index is 0.111. The lowest BCUT2D eigenvalue weighted by Gasteiger charge is -2.29. The Hall–Kier alpha value is -1.50. The molecule has 0 bridgehead atoms. The van der Waals surface area contributed by atoms with E-state index in [1.807, 2.05) is 6.92 Å². The van der Waals surface area contributed by atoms with Crippen LogP contribution in [0.5, 0.6) is 0 Å². The van der Waals surface area contributed by atoms with E-state index in [1.165, 1.54) is 13.2 Å². The third-order valence-electron chi connectivity index (χ3n) is 3.48. The lowest BCUT2D eigenvalue weighted by molar-refractivity contribution is -0.129. The van der Waals surface area contributed by atoms with Crippen molar-refractivity contribution in [3.05, 3.63) is 35.1 Å². The van der Waals surface area contributed by atoms with Crippen molar-refractivity contribution < 1.29 is 18.7 Å². The van der Waals surface area contributed by atoms with Crippen LogP contribution < -0.4 is 10.6 Å². The predicted molar refractivity (Wildman–Crippen MR) is 76.2 cm³/mol. The van der Waals surface area contributed by atoms with Crippen LogP contribution in [-0.4, -0.2) is 38.3 Å². The molecule has 1 amide bonds. The summed E-state index contributed by atoms with van der Waals surface area (Å²) in [6, 6.07) is 4.40. The van der Waals surface area contributed by atoms with E-state index in [4.69, 9.17) is 9.47 Å². The van der Waals surface area contributed by atoms with E-state index in [0.29, 0.717) is 25.3 Å². The Labute approximate surface area is 123 Å². The van der Waals surface area contributed by atoms with Crippen molar-refractivity contribution in [2.45, 2.75) is 32.2 Å². The van der Waals surface area contributed by atoms with Gasteiger partial charge in [0.1, 0.15) is 11.9 Å². The van der Waals surface area contributed by atoms with Gasteiger partial charge in [-0.25, -0.2) is 4.39 Å². The minimum Gasteiger partial charge on any atom is -0.380 e. The Kier molecular flexibility index (Phi) is 5.67. The molecule has 6 heteroatoms. The first-order valence-corrected chi connectivity index (χ1v) is 7.00. The molecule has 0 aromatic heterocycles. The summed E-state index contributed by atoms with van der Waals surface area (Å²) in [5.74, 6) is -0.414. The molecule has 0 aliphatic carbocycles. The van der Waals surface area contributed by atoms with Gasteiger partial charge in [0, 0.05) is 25.8 Å². The van der Waals surface area contributed by atoms with Gasteiger partial charge < -0.3 is 20.1 Å². The van der Waals surface area contributed by atoms with Gasteiger partial charge in [-0.2, -0.15) is 0 Å². The molecular formula is C15H21FN2O3. The van der Waals surface area contributed by atoms with Crippen LogP contribution >= 0.6 is 0 Å². The number of ether oxygens (including phenoxy) is 2.